The summed E-state index contributed by atoms with van der Waals surface area (Å²) in [6.45, 7) is 6.71. The third-order valence-electron chi connectivity index (χ3n) is 3.93. The van der Waals surface area contributed by atoms with E-state index in [2.05, 4.69) is 22.1 Å². The van der Waals surface area contributed by atoms with Crippen molar-refractivity contribution in [2.24, 2.45) is 0 Å². The maximum absolute atomic E-state index is 12.0. The SMILES string of the molecule is Cc1occc1C(=O)NCc1ccc(N2CCO[C@@H](C)C2)nc1. The minimum atomic E-state index is -0.137. The van der Waals surface area contributed by atoms with Crippen LogP contribution < -0.4 is 10.2 Å². The van der Waals surface area contributed by atoms with Crippen molar-refractivity contribution in [1.82, 2.24) is 10.3 Å². The molecule has 1 N–H and O–H groups in total. The molecule has 23 heavy (non-hydrogen) atoms. The maximum atomic E-state index is 12.0. The van der Waals surface area contributed by atoms with E-state index < -0.39 is 0 Å². The summed E-state index contributed by atoms with van der Waals surface area (Å²) < 4.78 is 10.7. The molecule has 0 radical (unpaired) electrons. The highest BCUT2D eigenvalue weighted by atomic mass is 16.5. The van der Waals surface area contributed by atoms with Crippen molar-refractivity contribution in [2.75, 3.05) is 24.6 Å². The summed E-state index contributed by atoms with van der Waals surface area (Å²) in [6.07, 6.45) is 3.55. The summed E-state index contributed by atoms with van der Waals surface area (Å²) in [6, 6.07) is 5.65. The smallest absolute Gasteiger partial charge is 0.255 e. The molecular weight excluding hydrogens is 294 g/mol. The highest BCUT2D eigenvalue weighted by Crippen LogP contribution is 2.15. The maximum Gasteiger partial charge on any atom is 0.255 e. The zero-order valence-electron chi connectivity index (χ0n) is 13.4. The molecule has 2 aromatic heterocycles. The van der Waals surface area contributed by atoms with E-state index in [1.807, 2.05) is 12.1 Å². The molecule has 1 aliphatic heterocycles. The molecule has 3 heterocycles. The molecule has 2 aromatic rings. The lowest BCUT2D eigenvalue weighted by Gasteiger charge is -2.32. The van der Waals surface area contributed by atoms with Gasteiger partial charge >= 0.3 is 0 Å². The lowest BCUT2D eigenvalue weighted by atomic mass is 10.2. The molecule has 0 saturated carbocycles. The highest BCUT2D eigenvalue weighted by molar-refractivity contribution is 5.94. The van der Waals surface area contributed by atoms with Gasteiger partial charge in [-0.3, -0.25) is 4.79 Å². The number of aryl methyl sites for hydroxylation is 1. The minimum Gasteiger partial charge on any atom is -0.469 e. The summed E-state index contributed by atoms with van der Waals surface area (Å²) in [5.41, 5.74) is 1.53. The molecule has 0 bridgehead atoms. The van der Waals surface area contributed by atoms with E-state index in [1.165, 1.54) is 6.26 Å². The summed E-state index contributed by atoms with van der Waals surface area (Å²) in [7, 11) is 0. The topological polar surface area (TPSA) is 67.6 Å². The predicted octanol–water partition coefficient (Wildman–Crippen LogP) is 2.14. The second-order valence-electron chi connectivity index (χ2n) is 5.73. The molecule has 1 aliphatic rings. The molecule has 1 amide bonds. The van der Waals surface area contributed by atoms with E-state index >= 15 is 0 Å². The Labute approximate surface area is 135 Å². The van der Waals surface area contributed by atoms with Gasteiger partial charge in [0.15, 0.2) is 0 Å². The second kappa shape index (κ2) is 6.83. The van der Waals surface area contributed by atoms with Crippen LogP contribution >= 0.6 is 0 Å². The number of morpholine rings is 1. The van der Waals surface area contributed by atoms with E-state index in [0.717, 1.165) is 31.1 Å². The lowest BCUT2D eigenvalue weighted by Crippen LogP contribution is -2.41. The molecule has 1 fully saturated rings. The largest absolute Gasteiger partial charge is 0.469 e. The van der Waals surface area contributed by atoms with Gasteiger partial charge in [0, 0.05) is 25.8 Å². The molecule has 6 nitrogen and oxygen atoms in total. The Bertz CT molecular complexity index is 666. The number of aromatic nitrogens is 1. The molecule has 0 aliphatic carbocycles. The zero-order valence-corrected chi connectivity index (χ0v) is 13.4. The molecule has 0 unspecified atom stereocenters. The van der Waals surface area contributed by atoms with Gasteiger partial charge in [-0.1, -0.05) is 6.07 Å². The molecule has 0 aromatic carbocycles. The van der Waals surface area contributed by atoms with Crippen LogP contribution in [0.3, 0.4) is 0 Å². The summed E-state index contributed by atoms with van der Waals surface area (Å²) in [4.78, 5) is 18.7. The van der Waals surface area contributed by atoms with Crippen LogP contribution in [-0.4, -0.2) is 36.7 Å². The Morgan fingerprint density at radius 2 is 2.30 bits per heavy atom. The van der Waals surface area contributed by atoms with Crippen molar-refractivity contribution in [2.45, 2.75) is 26.5 Å². The number of rotatable bonds is 4. The molecule has 3 rings (SSSR count). The van der Waals surface area contributed by atoms with Gasteiger partial charge in [0.1, 0.15) is 11.6 Å². The average molecular weight is 315 g/mol. The molecule has 6 heteroatoms. The molecular formula is C17H21N3O3. The number of furan rings is 1. The van der Waals surface area contributed by atoms with Gasteiger partial charge in [0.2, 0.25) is 0 Å². The molecule has 122 valence electrons. The van der Waals surface area contributed by atoms with Gasteiger partial charge in [-0.2, -0.15) is 0 Å². The summed E-state index contributed by atoms with van der Waals surface area (Å²) in [5.74, 6) is 1.43. The third kappa shape index (κ3) is 3.71. The van der Waals surface area contributed by atoms with Crippen molar-refractivity contribution in [1.29, 1.82) is 0 Å². The Balaban J connectivity index is 1.57. The first-order chi connectivity index (χ1) is 11.1. The van der Waals surface area contributed by atoms with E-state index in [1.54, 1.807) is 19.2 Å². The second-order valence-corrected chi connectivity index (χ2v) is 5.73. The molecule has 1 saturated heterocycles. The first kappa shape index (κ1) is 15.6. The normalized spacial score (nSPS) is 18.0. The predicted molar refractivity (Wildman–Crippen MR) is 86.5 cm³/mol. The third-order valence-corrected chi connectivity index (χ3v) is 3.93. The van der Waals surface area contributed by atoms with Gasteiger partial charge in [-0.25, -0.2) is 4.98 Å². The molecule has 0 spiro atoms. The van der Waals surface area contributed by atoms with Crippen LogP contribution in [-0.2, 0) is 11.3 Å². The first-order valence-corrected chi connectivity index (χ1v) is 7.77. The number of amides is 1. The zero-order chi connectivity index (χ0) is 16.2. The number of carbonyl (C=O) groups is 1. The van der Waals surface area contributed by atoms with Crippen LogP contribution in [0, 0.1) is 6.92 Å². The standard InChI is InChI=1S/C17H21N3O3/c1-12-11-20(6-8-22-12)16-4-3-14(9-18-16)10-19-17(21)15-5-7-23-13(15)2/h3-5,7,9,12H,6,8,10-11H2,1-2H3,(H,19,21)/t12-/m0/s1. The van der Waals surface area contributed by atoms with Crippen LogP contribution in [0.2, 0.25) is 0 Å². The van der Waals surface area contributed by atoms with Crippen molar-refractivity contribution in [3.8, 4) is 0 Å². The minimum absolute atomic E-state index is 0.137. The van der Waals surface area contributed by atoms with E-state index in [9.17, 15) is 4.79 Å². The van der Waals surface area contributed by atoms with Crippen molar-refractivity contribution in [3.05, 3.63) is 47.5 Å². The van der Waals surface area contributed by atoms with Crippen LogP contribution in [0.4, 0.5) is 5.82 Å². The lowest BCUT2D eigenvalue weighted by molar-refractivity contribution is 0.0529. The van der Waals surface area contributed by atoms with Gasteiger partial charge < -0.3 is 19.4 Å². The number of ether oxygens (including phenoxy) is 1. The van der Waals surface area contributed by atoms with Crippen LogP contribution in [0.1, 0.15) is 28.6 Å². The van der Waals surface area contributed by atoms with Crippen molar-refractivity contribution >= 4 is 11.7 Å². The Kier molecular flexibility index (Phi) is 4.62. The Morgan fingerprint density at radius 3 is 2.96 bits per heavy atom. The highest BCUT2D eigenvalue weighted by Gasteiger charge is 2.17. The van der Waals surface area contributed by atoms with Gasteiger partial charge in [-0.15, -0.1) is 0 Å². The van der Waals surface area contributed by atoms with Crippen molar-refractivity contribution in [3.63, 3.8) is 0 Å². The van der Waals surface area contributed by atoms with Crippen molar-refractivity contribution < 1.29 is 13.9 Å². The quantitative estimate of drug-likeness (QED) is 0.936. The van der Waals surface area contributed by atoms with Crippen LogP contribution in [0.15, 0.2) is 35.1 Å². The van der Waals surface area contributed by atoms with E-state index in [-0.39, 0.29) is 12.0 Å². The average Bonchev–Trinajstić information content (AvgIpc) is 2.99. The Hall–Kier alpha value is -2.34. The number of hydrogen-bond acceptors (Lipinski definition) is 5. The van der Waals surface area contributed by atoms with Gasteiger partial charge in [0.25, 0.3) is 5.91 Å². The fourth-order valence-corrected chi connectivity index (χ4v) is 2.63. The number of carbonyl (C=O) groups excluding carboxylic acids is 1. The fraction of sp³-hybridized carbons (Fsp3) is 0.412. The Morgan fingerprint density at radius 1 is 1.43 bits per heavy atom. The number of hydrogen-bond donors (Lipinski definition) is 1. The van der Waals surface area contributed by atoms with E-state index in [4.69, 9.17) is 9.15 Å². The van der Waals surface area contributed by atoms with Gasteiger partial charge in [-0.05, 0) is 31.5 Å². The number of pyridine rings is 1. The summed E-state index contributed by atoms with van der Waals surface area (Å²) >= 11 is 0. The van der Waals surface area contributed by atoms with Crippen LogP contribution in [0.25, 0.3) is 0 Å². The van der Waals surface area contributed by atoms with E-state index in [0.29, 0.717) is 17.9 Å². The molecule has 1 atom stereocenters. The summed E-state index contributed by atoms with van der Waals surface area (Å²) in [5, 5.41) is 2.88. The number of anilines is 1. The first-order valence-electron chi connectivity index (χ1n) is 7.77. The monoisotopic (exact) mass is 315 g/mol. The number of nitrogens with one attached hydrogen (secondary N) is 1. The fourth-order valence-electron chi connectivity index (χ4n) is 2.63. The number of nitrogens with zero attached hydrogens (tertiary/aromatic N) is 2. The van der Waals surface area contributed by atoms with Gasteiger partial charge in [0.05, 0.1) is 24.5 Å². The van der Waals surface area contributed by atoms with Crippen LogP contribution in [0.5, 0.6) is 0 Å².